The van der Waals surface area contributed by atoms with Crippen molar-refractivity contribution in [3.05, 3.63) is 60.2 Å². The normalized spacial score (nSPS) is 19.2. The van der Waals surface area contributed by atoms with Gasteiger partial charge >= 0.3 is 0 Å². The van der Waals surface area contributed by atoms with E-state index in [2.05, 4.69) is 5.32 Å². The number of anilines is 1. The molecule has 2 aromatic carbocycles. The Morgan fingerprint density at radius 3 is 2.38 bits per heavy atom. The highest BCUT2D eigenvalue weighted by molar-refractivity contribution is 6.02. The first-order valence-corrected chi connectivity index (χ1v) is 8.52. The van der Waals surface area contributed by atoms with Gasteiger partial charge in [-0.1, -0.05) is 30.3 Å². The van der Waals surface area contributed by atoms with Crippen LogP contribution in [0.25, 0.3) is 0 Å². The van der Waals surface area contributed by atoms with Gasteiger partial charge in [0.1, 0.15) is 12.4 Å². The van der Waals surface area contributed by atoms with Gasteiger partial charge in [0.25, 0.3) is 5.91 Å². The van der Waals surface area contributed by atoms with Crippen LogP contribution in [0.5, 0.6) is 5.75 Å². The van der Waals surface area contributed by atoms with Gasteiger partial charge in [0, 0.05) is 19.9 Å². The molecule has 1 heterocycles. The summed E-state index contributed by atoms with van der Waals surface area (Å²) in [6.07, 6.45) is -0.642. The minimum absolute atomic E-state index is 0.0855. The molecule has 138 valence electrons. The number of nitrogens with zero attached hydrogens (tertiary/aromatic N) is 1. The van der Waals surface area contributed by atoms with Crippen LogP contribution in [0.2, 0.25) is 0 Å². The Kier molecular flexibility index (Phi) is 5.44. The minimum Gasteiger partial charge on any atom is -0.492 e. The summed E-state index contributed by atoms with van der Waals surface area (Å²) in [6.45, 7) is 2.63. The number of rotatable bonds is 7. The number of nitrogens with one attached hydrogen (secondary N) is 1. The summed E-state index contributed by atoms with van der Waals surface area (Å²) in [5.41, 5.74) is 0.518. The fraction of sp³-hybridized carbons (Fsp3) is 0.350. The van der Waals surface area contributed by atoms with E-state index in [0.29, 0.717) is 18.7 Å². The molecule has 0 radical (unpaired) electrons. The van der Waals surface area contributed by atoms with E-state index in [1.807, 2.05) is 61.5 Å². The summed E-state index contributed by atoms with van der Waals surface area (Å²) in [6, 6.07) is 17.0. The highest BCUT2D eigenvalue weighted by Gasteiger charge is 2.47. The van der Waals surface area contributed by atoms with Crippen molar-refractivity contribution in [3.63, 3.8) is 0 Å². The number of hydrogen-bond donors (Lipinski definition) is 1. The fourth-order valence-corrected chi connectivity index (χ4v) is 3.32. The first-order chi connectivity index (χ1) is 12.6. The third-order valence-corrected chi connectivity index (χ3v) is 4.57. The van der Waals surface area contributed by atoms with Gasteiger partial charge < -0.3 is 24.4 Å². The van der Waals surface area contributed by atoms with Gasteiger partial charge in [0.15, 0.2) is 12.0 Å². The lowest BCUT2D eigenvalue weighted by Gasteiger charge is -2.48. The number of methoxy groups -OCH3 is 2. The number of amides is 1. The molecule has 6 nitrogen and oxygen atoms in total. The van der Waals surface area contributed by atoms with Gasteiger partial charge in [-0.2, -0.15) is 0 Å². The Balaban J connectivity index is 1.84. The predicted octanol–water partition coefficient (Wildman–Crippen LogP) is 2.97. The van der Waals surface area contributed by atoms with E-state index < -0.39 is 12.0 Å². The number of para-hydroxylation sites is 2. The van der Waals surface area contributed by atoms with Crippen LogP contribution >= 0.6 is 0 Å². The zero-order chi connectivity index (χ0) is 18.6. The molecule has 0 saturated heterocycles. The van der Waals surface area contributed by atoms with E-state index in [-0.39, 0.29) is 5.91 Å². The smallest absolute Gasteiger partial charge is 0.258 e. The van der Waals surface area contributed by atoms with Crippen molar-refractivity contribution in [3.8, 4) is 5.75 Å². The summed E-state index contributed by atoms with van der Waals surface area (Å²) in [4.78, 5) is 14.8. The van der Waals surface area contributed by atoms with Gasteiger partial charge in [-0.25, -0.2) is 0 Å². The van der Waals surface area contributed by atoms with Gasteiger partial charge in [-0.3, -0.25) is 4.79 Å². The molecule has 1 aliphatic rings. The molecular weight excluding hydrogens is 332 g/mol. The Morgan fingerprint density at radius 2 is 1.69 bits per heavy atom. The molecule has 1 amide bonds. The standard InChI is InChI=1S/C20H24N2O4/c1-20(19(24-2)25-3)21-17-12-8-7-11-16(17)18(23)22(20)13-14-26-15-9-5-4-6-10-15/h4-12,19,21H,13-14H2,1-3H3/t20-/m1/s1. The maximum atomic E-state index is 13.1. The molecule has 1 atom stereocenters. The van der Waals surface area contributed by atoms with E-state index in [4.69, 9.17) is 14.2 Å². The van der Waals surface area contributed by atoms with Crippen LogP contribution < -0.4 is 10.1 Å². The number of benzene rings is 2. The molecule has 6 heteroatoms. The topological polar surface area (TPSA) is 60.0 Å². The second-order valence-electron chi connectivity index (χ2n) is 6.24. The summed E-state index contributed by atoms with van der Waals surface area (Å²) in [7, 11) is 3.12. The van der Waals surface area contributed by atoms with Gasteiger partial charge in [-0.15, -0.1) is 0 Å². The molecule has 0 spiro atoms. The van der Waals surface area contributed by atoms with E-state index >= 15 is 0 Å². The minimum atomic E-state index is -0.866. The molecule has 1 N–H and O–H groups in total. The molecule has 26 heavy (non-hydrogen) atoms. The van der Waals surface area contributed by atoms with Gasteiger partial charge in [0.05, 0.1) is 12.1 Å². The first-order valence-electron chi connectivity index (χ1n) is 8.52. The lowest BCUT2D eigenvalue weighted by Crippen LogP contribution is -2.65. The molecule has 3 rings (SSSR count). The summed E-state index contributed by atoms with van der Waals surface area (Å²) >= 11 is 0. The molecule has 0 unspecified atom stereocenters. The van der Waals surface area contributed by atoms with E-state index in [0.717, 1.165) is 11.4 Å². The van der Waals surface area contributed by atoms with Gasteiger partial charge in [0.2, 0.25) is 0 Å². The second-order valence-corrected chi connectivity index (χ2v) is 6.24. The molecule has 0 aromatic heterocycles. The SMILES string of the molecule is COC(OC)[C@]1(C)Nc2ccccc2C(=O)N1CCOc1ccccc1. The van der Waals surface area contributed by atoms with Crippen LogP contribution in [-0.4, -0.2) is 50.1 Å². The number of carbonyl (C=O) groups is 1. The lowest BCUT2D eigenvalue weighted by atomic mass is 10.00. The van der Waals surface area contributed by atoms with Crippen molar-refractivity contribution in [1.82, 2.24) is 4.90 Å². The van der Waals surface area contributed by atoms with Crippen LogP contribution in [0, 0.1) is 0 Å². The zero-order valence-corrected chi connectivity index (χ0v) is 15.3. The maximum Gasteiger partial charge on any atom is 0.258 e. The Bertz CT molecular complexity index is 748. The van der Waals surface area contributed by atoms with Crippen molar-refractivity contribution in [2.24, 2.45) is 0 Å². The number of carbonyl (C=O) groups excluding carboxylic acids is 1. The monoisotopic (exact) mass is 356 g/mol. The molecule has 0 fully saturated rings. The van der Waals surface area contributed by atoms with Crippen molar-refractivity contribution in [1.29, 1.82) is 0 Å². The van der Waals surface area contributed by atoms with Crippen LogP contribution in [0.1, 0.15) is 17.3 Å². The quantitative estimate of drug-likeness (QED) is 0.773. The third-order valence-electron chi connectivity index (χ3n) is 4.57. The number of hydrogen-bond acceptors (Lipinski definition) is 5. The molecule has 2 aromatic rings. The number of ether oxygens (including phenoxy) is 3. The fourth-order valence-electron chi connectivity index (χ4n) is 3.32. The lowest BCUT2D eigenvalue weighted by molar-refractivity contribution is -0.168. The average Bonchev–Trinajstić information content (AvgIpc) is 2.66. The van der Waals surface area contributed by atoms with Crippen molar-refractivity contribution in [2.45, 2.75) is 18.9 Å². The highest BCUT2D eigenvalue weighted by atomic mass is 16.7. The third kappa shape index (κ3) is 3.38. The van der Waals surface area contributed by atoms with Crippen LogP contribution in [0.15, 0.2) is 54.6 Å². The van der Waals surface area contributed by atoms with Crippen LogP contribution in [0.3, 0.4) is 0 Å². The van der Waals surface area contributed by atoms with E-state index in [9.17, 15) is 4.79 Å². The first kappa shape index (κ1) is 18.2. The average molecular weight is 356 g/mol. The molecule has 0 bridgehead atoms. The molecular formula is C20H24N2O4. The Labute approximate surface area is 153 Å². The summed E-state index contributed by atoms with van der Waals surface area (Å²) in [5, 5.41) is 3.40. The summed E-state index contributed by atoms with van der Waals surface area (Å²) in [5.74, 6) is 0.680. The Hall–Kier alpha value is -2.57. The Morgan fingerprint density at radius 1 is 1.04 bits per heavy atom. The molecule has 0 saturated carbocycles. The highest BCUT2D eigenvalue weighted by Crippen LogP contribution is 2.34. The van der Waals surface area contributed by atoms with E-state index in [1.54, 1.807) is 19.1 Å². The molecule has 1 aliphatic heterocycles. The van der Waals surface area contributed by atoms with Gasteiger partial charge in [-0.05, 0) is 31.2 Å². The number of fused-ring (bicyclic) bond motifs is 1. The zero-order valence-electron chi connectivity index (χ0n) is 15.3. The second kappa shape index (κ2) is 7.76. The maximum absolute atomic E-state index is 13.1. The van der Waals surface area contributed by atoms with E-state index in [1.165, 1.54) is 0 Å². The van der Waals surface area contributed by atoms with Crippen molar-refractivity contribution < 1.29 is 19.0 Å². The largest absolute Gasteiger partial charge is 0.492 e. The molecule has 0 aliphatic carbocycles. The van der Waals surface area contributed by atoms with Crippen molar-refractivity contribution in [2.75, 3.05) is 32.7 Å². The van der Waals surface area contributed by atoms with Crippen LogP contribution in [0.4, 0.5) is 5.69 Å². The van der Waals surface area contributed by atoms with Crippen LogP contribution in [-0.2, 0) is 9.47 Å². The summed E-state index contributed by atoms with van der Waals surface area (Å²) < 4.78 is 16.7. The van der Waals surface area contributed by atoms with Crippen molar-refractivity contribution >= 4 is 11.6 Å². The predicted molar refractivity (Wildman–Crippen MR) is 99.2 cm³/mol.